The standard InChI is InChI=1S/C15H20IN5O2S/c1-3-17-14-10-11(2)20-15(21-14)18-8-9-19-24(22,23)13-6-4-12(16)5-7-13/h4-7,10,19H,3,8-9H2,1-2H3,(H2,17,18,20,21). The molecule has 0 unspecified atom stereocenters. The number of nitrogens with one attached hydrogen (secondary N) is 3. The van der Waals surface area contributed by atoms with Gasteiger partial charge in [-0.25, -0.2) is 18.1 Å². The average molecular weight is 461 g/mol. The Balaban J connectivity index is 1.89. The first-order chi connectivity index (χ1) is 11.4. The Morgan fingerprint density at radius 3 is 2.46 bits per heavy atom. The third-order valence-electron chi connectivity index (χ3n) is 3.04. The number of hydrogen-bond donors (Lipinski definition) is 3. The summed E-state index contributed by atoms with van der Waals surface area (Å²) in [5.74, 6) is 1.21. The number of anilines is 2. The SMILES string of the molecule is CCNc1cc(C)nc(NCCNS(=O)(=O)c2ccc(I)cc2)n1. The molecular formula is C15H20IN5O2S. The molecule has 130 valence electrons. The first kappa shape index (κ1) is 18.9. The summed E-state index contributed by atoms with van der Waals surface area (Å²) in [5, 5.41) is 6.15. The lowest BCUT2D eigenvalue weighted by molar-refractivity contribution is 0.583. The van der Waals surface area contributed by atoms with Gasteiger partial charge < -0.3 is 10.6 Å². The van der Waals surface area contributed by atoms with Crippen LogP contribution in [0, 0.1) is 10.5 Å². The Hall–Kier alpha value is -1.46. The lowest BCUT2D eigenvalue weighted by atomic mass is 10.4. The van der Waals surface area contributed by atoms with Crippen molar-refractivity contribution in [2.45, 2.75) is 18.7 Å². The largest absolute Gasteiger partial charge is 0.370 e. The summed E-state index contributed by atoms with van der Waals surface area (Å²) in [6.07, 6.45) is 0. The number of nitrogens with zero attached hydrogens (tertiary/aromatic N) is 2. The number of aryl methyl sites for hydroxylation is 1. The molecule has 1 aromatic heterocycles. The molecule has 0 saturated heterocycles. The highest BCUT2D eigenvalue weighted by Gasteiger charge is 2.12. The molecule has 1 aromatic carbocycles. The molecule has 7 nitrogen and oxygen atoms in total. The Morgan fingerprint density at radius 1 is 1.08 bits per heavy atom. The predicted molar refractivity (Wildman–Crippen MR) is 104 cm³/mol. The van der Waals surface area contributed by atoms with Crippen molar-refractivity contribution in [3.8, 4) is 0 Å². The number of benzene rings is 1. The number of halogens is 1. The Bertz CT molecular complexity index is 781. The van der Waals surface area contributed by atoms with Gasteiger partial charge in [-0.1, -0.05) is 0 Å². The maximum atomic E-state index is 12.2. The molecule has 24 heavy (non-hydrogen) atoms. The normalized spacial score (nSPS) is 11.3. The quantitative estimate of drug-likeness (QED) is 0.412. The van der Waals surface area contributed by atoms with Gasteiger partial charge in [0, 0.05) is 35.0 Å². The van der Waals surface area contributed by atoms with Crippen molar-refractivity contribution in [2.24, 2.45) is 0 Å². The highest BCUT2D eigenvalue weighted by atomic mass is 127. The molecule has 9 heteroatoms. The molecule has 1 heterocycles. The third kappa shape index (κ3) is 5.56. The molecule has 0 radical (unpaired) electrons. The van der Waals surface area contributed by atoms with Crippen molar-refractivity contribution >= 4 is 44.4 Å². The molecule has 0 spiro atoms. The van der Waals surface area contributed by atoms with Gasteiger partial charge >= 0.3 is 0 Å². The van der Waals surface area contributed by atoms with E-state index in [1.807, 2.05) is 19.9 Å². The van der Waals surface area contributed by atoms with E-state index < -0.39 is 10.0 Å². The molecular weight excluding hydrogens is 441 g/mol. The van der Waals surface area contributed by atoms with E-state index in [1.54, 1.807) is 24.3 Å². The van der Waals surface area contributed by atoms with E-state index >= 15 is 0 Å². The van der Waals surface area contributed by atoms with Crippen molar-refractivity contribution in [3.63, 3.8) is 0 Å². The molecule has 0 fully saturated rings. The molecule has 3 N–H and O–H groups in total. The second-order valence-corrected chi connectivity index (χ2v) is 8.04. The van der Waals surface area contributed by atoms with E-state index in [0.29, 0.717) is 12.5 Å². The zero-order valence-corrected chi connectivity index (χ0v) is 16.5. The van der Waals surface area contributed by atoms with Crippen LogP contribution < -0.4 is 15.4 Å². The van der Waals surface area contributed by atoms with E-state index in [9.17, 15) is 8.42 Å². The minimum Gasteiger partial charge on any atom is -0.370 e. The molecule has 0 atom stereocenters. The number of rotatable bonds is 8. The minimum atomic E-state index is -3.50. The Morgan fingerprint density at radius 2 is 1.79 bits per heavy atom. The smallest absolute Gasteiger partial charge is 0.240 e. The zero-order valence-electron chi connectivity index (χ0n) is 13.5. The lowest BCUT2D eigenvalue weighted by Crippen LogP contribution is -2.29. The van der Waals surface area contributed by atoms with E-state index in [4.69, 9.17) is 0 Å². The highest BCUT2D eigenvalue weighted by Crippen LogP contribution is 2.12. The van der Waals surface area contributed by atoms with Crippen LogP contribution in [0.2, 0.25) is 0 Å². The summed E-state index contributed by atoms with van der Waals surface area (Å²) in [7, 11) is -3.50. The number of hydrogen-bond acceptors (Lipinski definition) is 6. The molecule has 0 amide bonds. The van der Waals surface area contributed by atoms with Gasteiger partial charge in [0.1, 0.15) is 5.82 Å². The number of sulfonamides is 1. The van der Waals surface area contributed by atoms with Crippen LogP contribution in [-0.4, -0.2) is 38.0 Å². The van der Waals surface area contributed by atoms with Crippen molar-refractivity contribution in [1.29, 1.82) is 0 Å². The molecule has 2 aromatic rings. The van der Waals surface area contributed by atoms with Crippen LogP contribution in [0.15, 0.2) is 35.2 Å². The van der Waals surface area contributed by atoms with Crippen LogP contribution in [0.1, 0.15) is 12.6 Å². The van der Waals surface area contributed by atoms with Gasteiger partial charge in [-0.3, -0.25) is 0 Å². The van der Waals surface area contributed by atoms with Crippen LogP contribution in [0.4, 0.5) is 11.8 Å². The van der Waals surface area contributed by atoms with E-state index in [2.05, 4.69) is 47.9 Å². The van der Waals surface area contributed by atoms with Crippen molar-refractivity contribution in [2.75, 3.05) is 30.3 Å². The summed E-state index contributed by atoms with van der Waals surface area (Å²) >= 11 is 2.13. The first-order valence-electron chi connectivity index (χ1n) is 7.49. The Kier molecular flexibility index (Phi) is 6.75. The van der Waals surface area contributed by atoms with Crippen molar-refractivity contribution < 1.29 is 8.42 Å². The fourth-order valence-electron chi connectivity index (χ4n) is 1.98. The zero-order chi connectivity index (χ0) is 17.6. The van der Waals surface area contributed by atoms with Crippen LogP contribution in [0.5, 0.6) is 0 Å². The van der Waals surface area contributed by atoms with Gasteiger partial charge in [-0.2, -0.15) is 4.98 Å². The Labute approximate surface area is 155 Å². The van der Waals surface area contributed by atoms with Gasteiger partial charge in [0.2, 0.25) is 16.0 Å². The lowest BCUT2D eigenvalue weighted by Gasteiger charge is -2.10. The minimum absolute atomic E-state index is 0.238. The van der Waals surface area contributed by atoms with Gasteiger partial charge in [0.25, 0.3) is 0 Å². The summed E-state index contributed by atoms with van der Waals surface area (Å²) in [4.78, 5) is 8.85. The van der Waals surface area contributed by atoms with Gasteiger partial charge in [-0.15, -0.1) is 0 Å². The van der Waals surface area contributed by atoms with Gasteiger partial charge in [-0.05, 0) is 60.7 Å². The molecule has 2 rings (SSSR count). The van der Waals surface area contributed by atoms with Crippen LogP contribution in [-0.2, 0) is 10.0 Å². The molecule has 0 aliphatic rings. The average Bonchev–Trinajstić information content (AvgIpc) is 2.52. The van der Waals surface area contributed by atoms with Gasteiger partial charge in [0.05, 0.1) is 4.90 Å². The van der Waals surface area contributed by atoms with Crippen molar-refractivity contribution in [3.05, 3.63) is 39.6 Å². The second kappa shape index (κ2) is 8.58. The van der Waals surface area contributed by atoms with Crippen LogP contribution in [0.3, 0.4) is 0 Å². The molecule has 0 aliphatic carbocycles. The monoisotopic (exact) mass is 461 g/mol. The summed E-state index contributed by atoms with van der Waals surface area (Å²) in [6, 6.07) is 8.55. The molecule has 0 bridgehead atoms. The summed E-state index contributed by atoms with van der Waals surface area (Å²) in [6.45, 7) is 5.27. The maximum absolute atomic E-state index is 12.2. The number of aromatic nitrogens is 2. The van der Waals surface area contributed by atoms with Crippen molar-refractivity contribution in [1.82, 2.24) is 14.7 Å². The maximum Gasteiger partial charge on any atom is 0.240 e. The summed E-state index contributed by atoms with van der Waals surface area (Å²) in [5.41, 5.74) is 0.836. The molecule has 0 saturated carbocycles. The predicted octanol–water partition coefficient (Wildman–Crippen LogP) is 2.21. The third-order valence-corrected chi connectivity index (χ3v) is 5.23. The van der Waals surface area contributed by atoms with Gasteiger partial charge in [0.15, 0.2) is 0 Å². The summed E-state index contributed by atoms with van der Waals surface area (Å²) < 4.78 is 27.9. The second-order valence-electron chi connectivity index (χ2n) is 5.03. The fraction of sp³-hybridized carbons (Fsp3) is 0.333. The van der Waals surface area contributed by atoms with Crippen LogP contribution in [0.25, 0.3) is 0 Å². The first-order valence-corrected chi connectivity index (χ1v) is 10.1. The van der Waals surface area contributed by atoms with E-state index in [1.165, 1.54) is 0 Å². The van der Waals surface area contributed by atoms with E-state index in [-0.39, 0.29) is 11.4 Å². The van der Waals surface area contributed by atoms with E-state index in [0.717, 1.165) is 21.6 Å². The topological polar surface area (TPSA) is 96.0 Å². The highest BCUT2D eigenvalue weighted by molar-refractivity contribution is 14.1. The molecule has 0 aliphatic heterocycles. The van der Waals surface area contributed by atoms with Crippen LogP contribution >= 0.6 is 22.6 Å². The fourth-order valence-corrected chi connectivity index (χ4v) is 3.37.